The zero-order valence-corrected chi connectivity index (χ0v) is 23.9. The summed E-state index contributed by atoms with van der Waals surface area (Å²) in [5.74, 6) is 0.631. The van der Waals surface area contributed by atoms with Crippen LogP contribution in [0, 0.1) is 6.92 Å². The Bertz CT molecular complexity index is 1000. The molecule has 0 spiro atoms. The summed E-state index contributed by atoms with van der Waals surface area (Å²) in [5.41, 5.74) is 3.05. The molecule has 2 saturated heterocycles. The van der Waals surface area contributed by atoms with Crippen LogP contribution in [0.2, 0.25) is 0 Å². The van der Waals surface area contributed by atoms with Gasteiger partial charge in [0, 0.05) is 29.1 Å². The first kappa shape index (κ1) is 27.9. The number of carbonyl (C=O) groups is 1. The predicted octanol–water partition coefficient (Wildman–Crippen LogP) is 6.99. The Balaban J connectivity index is 1.24. The van der Waals surface area contributed by atoms with Crippen molar-refractivity contribution in [3.63, 3.8) is 0 Å². The Morgan fingerprint density at radius 3 is 2.46 bits per heavy atom. The molecule has 6 nitrogen and oxygen atoms in total. The molecule has 7 heteroatoms. The number of unbranched alkanes of at least 4 members (excludes halogenated alkanes) is 3. The highest BCUT2D eigenvalue weighted by Gasteiger charge is 2.42. The summed E-state index contributed by atoms with van der Waals surface area (Å²) in [7, 11) is 1.62. The van der Waals surface area contributed by atoms with Gasteiger partial charge >= 0.3 is 6.09 Å². The van der Waals surface area contributed by atoms with Crippen molar-refractivity contribution in [1.82, 2.24) is 10.2 Å². The fraction of sp³-hybridized carbons (Fsp3) is 0.567. The van der Waals surface area contributed by atoms with Crippen molar-refractivity contribution in [2.24, 2.45) is 0 Å². The fourth-order valence-corrected chi connectivity index (χ4v) is 6.47. The number of ether oxygens (including phenoxy) is 1. The molecule has 0 aliphatic carbocycles. The van der Waals surface area contributed by atoms with Gasteiger partial charge < -0.3 is 15.2 Å². The summed E-state index contributed by atoms with van der Waals surface area (Å²) in [4.78, 5) is 16.7. The van der Waals surface area contributed by atoms with E-state index in [0.29, 0.717) is 23.5 Å². The van der Waals surface area contributed by atoms with Crippen LogP contribution in [0.1, 0.15) is 68.9 Å². The average Bonchev–Trinajstić information content (AvgIpc) is 2.87. The van der Waals surface area contributed by atoms with E-state index in [1.54, 1.807) is 12.0 Å². The van der Waals surface area contributed by atoms with Crippen LogP contribution in [0.15, 0.2) is 46.9 Å². The van der Waals surface area contributed by atoms with Crippen LogP contribution >= 0.6 is 15.9 Å². The van der Waals surface area contributed by atoms with Crippen LogP contribution in [-0.4, -0.2) is 54.4 Å². The summed E-state index contributed by atoms with van der Waals surface area (Å²) in [6, 6.07) is 15.2. The van der Waals surface area contributed by atoms with E-state index in [-0.39, 0.29) is 6.04 Å². The summed E-state index contributed by atoms with van der Waals surface area (Å²) in [6.07, 6.45) is 9.45. The number of halogens is 1. The first-order chi connectivity index (χ1) is 18.0. The van der Waals surface area contributed by atoms with Crippen molar-refractivity contribution in [1.29, 1.82) is 0 Å². The molecule has 2 N–H and O–H groups in total. The maximum atomic E-state index is 12.4. The highest BCUT2D eigenvalue weighted by molar-refractivity contribution is 9.10. The molecule has 0 radical (unpaired) electrons. The maximum absolute atomic E-state index is 12.4. The van der Waals surface area contributed by atoms with Gasteiger partial charge in [0.2, 0.25) is 0 Å². The summed E-state index contributed by atoms with van der Waals surface area (Å²) >= 11 is 3.48. The highest BCUT2D eigenvalue weighted by atomic mass is 79.9. The number of carboxylic acid groups (broad SMARTS) is 1. The van der Waals surface area contributed by atoms with Gasteiger partial charge in [-0.15, -0.1) is 0 Å². The molecule has 2 bridgehead atoms. The van der Waals surface area contributed by atoms with Gasteiger partial charge in [-0.05, 0) is 93.9 Å². The Morgan fingerprint density at radius 2 is 1.78 bits per heavy atom. The number of amides is 1. The topological polar surface area (TPSA) is 65.0 Å². The Hall–Kier alpha value is -2.09. The van der Waals surface area contributed by atoms with E-state index in [9.17, 15) is 9.90 Å². The summed E-state index contributed by atoms with van der Waals surface area (Å²) in [5, 5.41) is 13.8. The minimum Gasteiger partial charge on any atom is -0.495 e. The second kappa shape index (κ2) is 13.6. The molecule has 2 fully saturated rings. The van der Waals surface area contributed by atoms with Gasteiger partial charge in [0.25, 0.3) is 0 Å². The van der Waals surface area contributed by atoms with Crippen molar-refractivity contribution < 1.29 is 14.6 Å². The second-order valence-electron chi connectivity index (χ2n) is 10.6. The first-order valence-corrected chi connectivity index (χ1v) is 14.6. The van der Waals surface area contributed by atoms with Crippen LogP contribution in [0.25, 0.3) is 0 Å². The zero-order valence-electron chi connectivity index (χ0n) is 22.3. The number of benzene rings is 2. The Kier molecular flexibility index (Phi) is 10.3. The largest absolute Gasteiger partial charge is 0.495 e. The molecule has 2 aliphatic heterocycles. The number of rotatable bonds is 12. The smallest absolute Gasteiger partial charge is 0.412 e. The number of anilines is 1. The monoisotopic (exact) mass is 571 g/mol. The number of hydrogen-bond donors (Lipinski definition) is 2. The normalized spacial score (nSPS) is 21.5. The molecule has 1 amide bonds. The quantitative estimate of drug-likeness (QED) is 0.269. The van der Waals surface area contributed by atoms with Crippen molar-refractivity contribution in [2.45, 2.75) is 89.4 Å². The average molecular weight is 573 g/mol. The third kappa shape index (κ3) is 7.49. The van der Waals surface area contributed by atoms with Gasteiger partial charge in [0.15, 0.2) is 0 Å². The molecule has 2 atom stereocenters. The van der Waals surface area contributed by atoms with E-state index in [2.05, 4.69) is 50.4 Å². The van der Waals surface area contributed by atoms with Gasteiger partial charge in [0.05, 0.1) is 12.8 Å². The summed E-state index contributed by atoms with van der Waals surface area (Å²) < 4.78 is 6.66. The lowest BCUT2D eigenvalue weighted by Gasteiger charge is -2.50. The summed E-state index contributed by atoms with van der Waals surface area (Å²) in [6.45, 7) is 5.11. The molecule has 2 aromatic rings. The lowest BCUT2D eigenvalue weighted by Crippen LogP contribution is -2.58. The van der Waals surface area contributed by atoms with Gasteiger partial charge in [-0.1, -0.05) is 53.4 Å². The van der Waals surface area contributed by atoms with Crippen LogP contribution < -0.4 is 15.0 Å². The van der Waals surface area contributed by atoms with E-state index in [1.807, 2.05) is 25.1 Å². The number of methoxy groups -OCH3 is 1. The number of nitrogens with zero attached hydrogens (tertiary/aromatic N) is 2. The minimum atomic E-state index is -0.880. The minimum absolute atomic E-state index is 0.00319. The predicted molar refractivity (Wildman–Crippen MR) is 154 cm³/mol. The number of piperidine rings is 2. The number of fused-ring (bicyclic) bond motifs is 2. The lowest BCUT2D eigenvalue weighted by molar-refractivity contribution is 0.0287. The zero-order chi connectivity index (χ0) is 26.2. The van der Waals surface area contributed by atoms with Crippen LogP contribution in [-0.2, 0) is 6.54 Å². The molecule has 0 saturated carbocycles. The number of nitrogens with one attached hydrogen (secondary N) is 1. The van der Waals surface area contributed by atoms with E-state index < -0.39 is 6.09 Å². The molecule has 202 valence electrons. The highest BCUT2D eigenvalue weighted by Crippen LogP contribution is 2.40. The fourth-order valence-electron chi connectivity index (χ4n) is 6.20. The second-order valence-corrected chi connectivity index (χ2v) is 11.6. The molecule has 2 heterocycles. The van der Waals surface area contributed by atoms with Crippen molar-refractivity contribution in [3.8, 4) is 5.75 Å². The number of aryl methyl sites for hydroxylation is 1. The van der Waals surface area contributed by atoms with Crippen LogP contribution in [0.3, 0.4) is 0 Å². The van der Waals surface area contributed by atoms with Gasteiger partial charge in [-0.25, -0.2) is 4.79 Å². The molecule has 2 aromatic carbocycles. The molecule has 0 aromatic heterocycles. The van der Waals surface area contributed by atoms with Crippen LogP contribution in [0.5, 0.6) is 5.75 Å². The van der Waals surface area contributed by atoms with Gasteiger partial charge in [-0.3, -0.25) is 9.80 Å². The third-order valence-corrected chi connectivity index (χ3v) is 8.56. The van der Waals surface area contributed by atoms with E-state index in [4.69, 9.17) is 4.74 Å². The third-order valence-electron chi connectivity index (χ3n) is 8.03. The standard InChI is InChI=1S/C30H42BrN3O3/c1-22-10-15-29(37-2)28(18-22)34(30(35)36)27-19-25-8-7-9-26(20-27)33(25)17-6-4-3-5-16-32-21-23-11-13-24(31)14-12-23/h10-15,18,25-27,32H,3-9,16-17,19-21H2,1-2H3,(H,35,36). The molecule has 4 rings (SSSR count). The SMILES string of the molecule is COc1ccc(C)cc1N(C(=O)O)C1CC2CCCC(C1)N2CCCCCCNCc1ccc(Br)cc1. The van der Waals surface area contributed by atoms with Gasteiger partial charge in [0.1, 0.15) is 5.75 Å². The molecule has 2 aliphatic rings. The molecule has 37 heavy (non-hydrogen) atoms. The van der Waals surface area contributed by atoms with E-state index in [1.165, 1.54) is 50.5 Å². The van der Waals surface area contributed by atoms with Gasteiger partial charge in [-0.2, -0.15) is 0 Å². The Morgan fingerprint density at radius 1 is 1.08 bits per heavy atom. The lowest BCUT2D eigenvalue weighted by atomic mass is 9.80. The van der Waals surface area contributed by atoms with E-state index in [0.717, 1.165) is 42.5 Å². The van der Waals surface area contributed by atoms with E-state index >= 15 is 0 Å². The van der Waals surface area contributed by atoms with Crippen LogP contribution in [0.4, 0.5) is 10.5 Å². The van der Waals surface area contributed by atoms with Crippen molar-refractivity contribution in [3.05, 3.63) is 58.1 Å². The number of hydrogen-bond acceptors (Lipinski definition) is 4. The first-order valence-electron chi connectivity index (χ1n) is 13.8. The Labute approximate surface area is 230 Å². The maximum Gasteiger partial charge on any atom is 0.412 e. The molecular formula is C30H42BrN3O3. The molecular weight excluding hydrogens is 530 g/mol. The van der Waals surface area contributed by atoms with Crippen molar-refractivity contribution >= 4 is 27.7 Å². The van der Waals surface area contributed by atoms with Crippen molar-refractivity contribution in [2.75, 3.05) is 25.1 Å². The molecule has 2 unspecified atom stereocenters.